The van der Waals surface area contributed by atoms with Crippen molar-refractivity contribution in [3.8, 4) is 17.3 Å². The van der Waals surface area contributed by atoms with E-state index in [-0.39, 0.29) is 35.4 Å². The molecule has 2 heterocycles. The molecule has 3 aromatic rings. The lowest BCUT2D eigenvalue weighted by atomic mass is 9.84. The second-order valence-electron chi connectivity index (χ2n) is 8.77. The zero-order valence-corrected chi connectivity index (χ0v) is 19.5. The number of nitrogens with one attached hydrogen (secondary N) is 2. The molecule has 0 spiro atoms. The van der Waals surface area contributed by atoms with Crippen molar-refractivity contribution in [1.29, 1.82) is 0 Å². The van der Waals surface area contributed by atoms with E-state index in [0.29, 0.717) is 5.92 Å². The average molecular weight is 477 g/mol. The van der Waals surface area contributed by atoms with Crippen LogP contribution in [0.4, 0.5) is 0 Å². The Kier molecular flexibility index (Phi) is 7.54. The number of esters is 1. The van der Waals surface area contributed by atoms with Crippen LogP contribution in [0.15, 0.2) is 53.5 Å². The van der Waals surface area contributed by atoms with Crippen molar-refractivity contribution in [2.45, 2.75) is 51.7 Å². The van der Waals surface area contributed by atoms with Crippen LogP contribution in [0.3, 0.4) is 0 Å². The summed E-state index contributed by atoms with van der Waals surface area (Å²) < 4.78 is 5.29. The van der Waals surface area contributed by atoms with Gasteiger partial charge in [0.2, 0.25) is 5.75 Å². The van der Waals surface area contributed by atoms with Gasteiger partial charge in [-0.2, -0.15) is 0 Å². The van der Waals surface area contributed by atoms with E-state index in [4.69, 9.17) is 4.74 Å². The summed E-state index contributed by atoms with van der Waals surface area (Å²) in [7, 11) is 0. The minimum atomic E-state index is -0.849. The van der Waals surface area contributed by atoms with E-state index >= 15 is 0 Å². The van der Waals surface area contributed by atoms with Crippen molar-refractivity contribution >= 4 is 11.9 Å². The number of pyridine rings is 1. The number of aromatic hydroxyl groups is 1. The maximum absolute atomic E-state index is 12.8. The minimum Gasteiger partial charge on any atom is -0.501 e. The van der Waals surface area contributed by atoms with Crippen LogP contribution in [0.2, 0.25) is 0 Å². The van der Waals surface area contributed by atoms with Crippen molar-refractivity contribution in [1.82, 2.24) is 20.3 Å². The van der Waals surface area contributed by atoms with Crippen molar-refractivity contribution < 1.29 is 19.4 Å². The fourth-order valence-corrected chi connectivity index (χ4v) is 4.23. The third kappa shape index (κ3) is 5.92. The molecular weight excluding hydrogens is 448 g/mol. The molecule has 9 heteroatoms. The molecule has 0 radical (unpaired) electrons. The lowest BCUT2D eigenvalue weighted by Gasteiger charge is -2.28. The Labute approximate surface area is 202 Å². The first-order valence-electron chi connectivity index (χ1n) is 11.7. The Morgan fingerprint density at radius 2 is 1.89 bits per heavy atom. The first-order valence-corrected chi connectivity index (χ1v) is 11.7. The van der Waals surface area contributed by atoms with E-state index in [1.165, 1.54) is 24.8 Å². The van der Waals surface area contributed by atoms with E-state index in [1.807, 2.05) is 37.3 Å². The van der Waals surface area contributed by atoms with Crippen LogP contribution < -0.4 is 10.9 Å². The van der Waals surface area contributed by atoms with Crippen molar-refractivity contribution in [2.24, 2.45) is 5.92 Å². The van der Waals surface area contributed by atoms with Gasteiger partial charge in [-0.05, 0) is 43.4 Å². The van der Waals surface area contributed by atoms with Gasteiger partial charge in [-0.3, -0.25) is 14.6 Å². The molecule has 1 aliphatic rings. The zero-order chi connectivity index (χ0) is 24.8. The van der Waals surface area contributed by atoms with Crippen molar-refractivity contribution in [3.05, 3.63) is 75.8 Å². The molecule has 0 unspecified atom stereocenters. The minimum absolute atomic E-state index is 0.00692. The molecule has 1 amide bonds. The molecule has 1 saturated carbocycles. The Morgan fingerprint density at radius 3 is 2.57 bits per heavy atom. The number of amides is 1. The number of carbonyl (C=O) groups excluding carboxylic acids is 2. The largest absolute Gasteiger partial charge is 0.501 e. The van der Waals surface area contributed by atoms with Gasteiger partial charge in [0.1, 0.15) is 12.3 Å². The van der Waals surface area contributed by atoms with E-state index in [0.717, 1.165) is 31.2 Å². The fourth-order valence-electron chi connectivity index (χ4n) is 4.23. The summed E-state index contributed by atoms with van der Waals surface area (Å²) in [5, 5.41) is 13.1. The Morgan fingerprint density at radius 1 is 1.14 bits per heavy atom. The maximum Gasteiger partial charge on any atom is 0.340 e. The van der Waals surface area contributed by atoms with Gasteiger partial charge in [-0.1, -0.05) is 49.6 Å². The Balaban J connectivity index is 1.47. The van der Waals surface area contributed by atoms with E-state index in [1.54, 1.807) is 0 Å². The first kappa shape index (κ1) is 24.1. The molecule has 1 fully saturated rings. The smallest absolute Gasteiger partial charge is 0.340 e. The van der Waals surface area contributed by atoms with E-state index in [9.17, 15) is 19.5 Å². The van der Waals surface area contributed by atoms with Crippen LogP contribution in [0.5, 0.6) is 5.75 Å². The topological polar surface area (TPSA) is 134 Å². The summed E-state index contributed by atoms with van der Waals surface area (Å²) in [5.41, 5.74) is 0.110. The summed E-state index contributed by atoms with van der Waals surface area (Å²) in [6, 6.07) is 12.2. The van der Waals surface area contributed by atoms with Crippen LogP contribution in [0.25, 0.3) is 11.5 Å². The van der Waals surface area contributed by atoms with Crippen LogP contribution in [0.1, 0.15) is 65.4 Å². The maximum atomic E-state index is 12.8. The van der Waals surface area contributed by atoms with Crippen molar-refractivity contribution in [2.75, 3.05) is 0 Å². The molecule has 9 nitrogen and oxygen atoms in total. The lowest BCUT2D eigenvalue weighted by molar-refractivity contribution is 0.0472. The number of carbonyl (C=O) groups is 2. The Bertz CT molecular complexity index is 1230. The highest BCUT2D eigenvalue weighted by atomic mass is 16.5. The van der Waals surface area contributed by atoms with Gasteiger partial charge in [0.25, 0.3) is 11.5 Å². The van der Waals surface area contributed by atoms with Crippen molar-refractivity contribution in [3.63, 3.8) is 0 Å². The number of hydrogen-bond donors (Lipinski definition) is 3. The third-order valence-electron chi connectivity index (χ3n) is 6.28. The molecule has 182 valence electrons. The second kappa shape index (κ2) is 10.9. The SMILES string of the molecule is C[C@@H](NC(=O)c1nc(-c2ccc(C(=O)OCc3ccccc3)cn2)[nH]c(=O)c1O)C1CCCCC1. The van der Waals surface area contributed by atoms with Crippen LogP contribution >= 0.6 is 0 Å². The Hall–Kier alpha value is -4.01. The van der Waals surface area contributed by atoms with E-state index in [2.05, 4.69) is 20.3 Å². The number of aromatic nitrogens is 3. The van der Waals surface area contributed by atoms with Gasteiger partial charge in [0.05, 0.1) is 5.56 Å². The van der Waals surface area contributed by atoms with Gasteiger partial charge < -0.3 is 20.1 Å². The molecule has 35 heavy (non-hydrogen) atoms. The fraction of sp³-hybridized carbons (Fsp3) is 0.346. The summed E-state index contributed by atoms with van der Waals surface area (Å²) in [4.78, 5) is 48.2. The molecule has 0 saturated heterocycles. The molecule has 2 aromatic heterocycles. The predicted molar refractivity (Wildman–Crippen MR) is 129 cm³/mol. The molecule has 3 N–H and O–H groups in total. The van der Waals surface area contributed by atoms with Gasteiger partial charge in [-0.15, -0.1) is 0 Å². The van der Waals surface area contributed by atoms with Gasteiger partial charge in [-0.25, -0.2) is 9.78 Å². The van der Waals surface area contributed by atoms with Gasteiger partial charge >= 0.3 is 5.97 Å². The van der Waals surface area contributed by atoms with E-state index < -0.39 is 23.2 Å². The van der Waals surface area contributed by atoms with Crippen LogP contribution in [-0.2, 0) is 11.3 Å². The molecular formula is C26H28N4O5. The number of H-pyrrole nitrogens is 1. The predicted octanol–water partition coefficient (Wildman–Crippen LogP) is 3.59. The average Bonchev–Trinajstić information content (AvgIpc) is 2.90. The van der Waals surface area contributed by atoms with Crippen LogP contribution in [0, 0.1) is 5.92 Å². The highest BCUT2D eigenvalue weighted by molar-refractivity contribution is 5.95. The third-order valence-corrected chi connectivity index (χ3v) is 6.28. The number of aromatic amines is 1. The number of hydrogen-bond acceptors (Lipinski definition) is 7. The number of nitrogens with zero attached hydrogens (tertiary/aromatic N) is 2. The monoisotopic (exact) mass is 476 g/mol. The quantitative estimate of drug-likeness (QED) is 0.444. The van der Waals surface area contributed by atoms with Gasteiger partial charge in [0, 0.05) is 12.2 Å². The number of benzene rings is 1. The summed E-state index contributed by atoms with van der Waals surface area (Å²) in [5.74, 6) is -1.55. The summed E-state index contributed by atoms with van der Waals surface area (Å²) in [6.45, 7) is 2.06. The second-order valence-corrected chi connectivity index (χ2v) is 8.77. The lowest BCUT2D eigenvalue weighted by Crippen LogP contribution is -2.39. The molecule has 1 aliphatic carbocycles. The highest BCUT2D eigenvalue weighted by Gasteiger charge is 2.25. The molecule has 1 aromatic carbocycles. The summed E-state index contributed by atoms with van der Waals surface area (Å²) in [6.07, 6.45) is 6.83. The number of rotatable bonds is 7. The number of ether oxygens (including phenoxy) is 1. The first-order chi connectivity index (χ1) is 16.9. The normalized spacial score (nSPS) is 14.8. The summed E-state index contributed by atoms with van der Waals surface area (Å²) >= 11 is 0. The zero-order valence-electron chi connectivity index (χ0n) is 19.5. The standard InChI is InChI=1S/C26H28N4O5/c1-16(18-10-6-3-7-11-18)28-24(32)21-22(31)25(33)30-23(29-21)20-13-12-19(14-27-20)26(34)35-15-17-8-4-2-5-9-17/h2,4-5,8-9,12-14,16,18,31H,3,6-7,10-11,15H2,1H3,(H,28,32)(H,29,30,33)/t16-/m1/s1. The molecule has 0 bridgehead atoms. The molecule has 1 atom stereocenters. The highest BCUT2D eigenvalue weighted by Crippen LogP contribution is 2.26. The molecule has 4 rings (SSSR count). The van der Waals surface area contributed by atoms with Crippen LogP contribution in [-0.4, -0.2) is 38.0 Å². The van der Waals surface area contributed by atoms with Gasteiger partial charge in [0.15, 0.2) is 11.5 Å². The molecule has 0 aliphatic heterocycles.